The Hall–Kier alpha value is -2.93. The Labute approximate surface area is 160 Å². The van der Waals surface area contributed by atoms with Gasteiger partial charge in [0.05, 0.1) is 27.8 Å². The number of benzene rings is 2. The number of fused-ring (bicyclic) bond motifs is 2. The van der Waals surface area contributed by atoms with E-state index in [0.717, 1.165) is 26.3 Å². The van der Waals surface area contributed by atoms with E-state index in [1.54, 1.807) is 32.4 Å². The van der Waals surface area contributed by atoms with E-state index < -0.39 is 0 Å². The smallest absolute Gasteiger partial charge is 0.329 e. The van der Waals surface area contributed by atoms with E-state index in [9.17, 15) is 9.59 Å². The van der Waals surface area contributed by atoms with E-state index in [-0.39, 0.29) is 18.1 Å². The number of aromatic nitrogens is 3. The minimum absolute atomic E-state index is 0.0216. The van der Waals surface area contributed by atoms with Crippen LogP contribution in [0.1, 0.15) is 11.9 Å². The fourth-order valence-corrected chi connectivity index (χ4v) is 4.29. The highest BCUT2D eigenvalue weighted by Crippen LogP contribution is 2.22. The number of hydrogen-bond acceptors (Lipinski definition) is 4. The second kappa shape index (κ2) is 7.00. The molecule has 4 rings (SSSR count). The molecule has 0 saturated heterocycles. The van der Waals surface area contributed by atoms with Crippen LogP contribution in [0.15, 0.2) is 53.3 Å². The molecule has 0 N–H and O–H groups in total. The third-order valence-electron chi connectivity index (χ3n) is 4.67. The van der Waals surface area contributed by atoms with Crippen LogP contribution in [-0.2, 0) is 24.4 Å². The van der Waals surface area contributed by atoms with Gasteiger partial charge in [0.2, 0.25) is 5.91 Å². The van der Waals surface area contributed by atoms with Crippen molar-refractivity contribution in [3.05, 3.63) is 64.0 Å². The number of thiazole rings is 1. The molecule has 27 heavy (non-hydrogen) atoms. The lowest BCUT2D eigenvalue weighted by atomic mass is 10.3. The fourth-order valence-electron chi connectivity index (χ4n) is 3.27. The van der Waals surface area contributed by atoms with E-state index in [4.69, 9.17) is 0 Å². The Bertz CT molecular complexity index is 1150. The maximum atomic E-state index is 12.8. The van der Waals surface area contributed by atoms with Gasteiger partial charge in [-0.1, -0.05) is 24.3 Å². The van der Waals surface area contributed by atoms with E-state index >= 15 is 0 Å². The molecule has 0 fully saturated rings. The summed E-state index contributed by atoms with van der Waals surface area (Å²) in [6.45, 7) is 2.95. The first kappa shape index (κ1) is 17.5. The number of nitrogens with zero attached hydrogens (tertiary/aromatic N) is 4. The number of imidazole rings is 1. The Morgan fingerprint density at radius 3 is 2.44 bits per heavy atom. The number of hydrogen-bond donors (Lipinski definition) is 0. The van der Waals surface area contributed by atoms with Crippen molar-refractivity contribution in [1.29, 1.82) is 0 Å². The van der Waals surface area contributed by atoms with Gasteiger partial charge in [0.1, 0.15) is 11.6 Å². The van der Waals surface area contributed by atoms with E-state index in [1.807, 2.05) is 55.5 Å². The third-order valence-corrected chi connectivity index (χ3v) is 5.69. The molecule has 0 bridgehead atoms. The number of carbonyl (C=O) groups excluding carboxylic acids is 1. The van der Waals surface area contributed by atoms with E-state index in [1.165, 1.54) is 0 Å². The standard InChI is InChI=1S/C20H20N4O2S/c1-3-23-15-9-5-6-10-16(15)24(20(23)26)13-19(25)22(2)12-18-21-14-8-4-7-11-17(14)27-18/h4-11H,3,12-13H2,1-2H3. The first-order valence-electron chi connectivity index (χ1n) is 8.85. The van der Waals surface area contributed by atoms with Crippen molar-refractivity contribution >= 4 is 38.5 Å². The maximum Gasteiger partial charge on any atom is 0.329 e. The van der Waals surface area contributed by atoms with Crippen LogP contribution in [0.4, 0.5) is 0 Å². The molecule has 6 nitrogen and oxygen atoms in total. The molecule has 0 spiro atoms. The molecule has 0 atom stereocenters. The highest BCUT2D eigenvalue weighted by atomic mass is 32.1. The number of para-hydroxylation sites is 3. The summed E-state index contributed by atoms with van der Waals surface area (Å²) in [7, 11) is 1.75. The van der Waals surface area contributed by atoms with Crippen LogP contribution < -0.4 is 5.69 Å². The fraction of sp³-hybridized carbons (Fsp3) is 0.250. The lowest BCUT2D eigenvalue weighted by Gasteiger charge is -2.16. The maximum absolute atomic E-state index is 12.8. The SMILES string of the molecule is CCn1c(=O)n(CC(=O)N(C)Cc2nc3ccccc3s2)c2ccccc21. The normalized spacial score (nSPS) is 11.3. The predicted octanol–water partition coefficient (Wildman–Crippen LogP) is 3.09. The monoisotopic (exact) mass is 380 g/mol. The zero-order valence-electron chi connectivity index (χ0n) is 15.3. The first-order valence-corrected chi connectivity index (χ1v) is 9.66. The molecule has 0 aliphatic rings. The van der Waals surface area contributed by atoms with Gasteiger partial charge in [0, 0.05) is 13.6 Å². The highest BCUT2D eigenvalue weighted by molar-refractivity contribution is 7.18. The van der Waals surface area contributed by atoms with Gasteiger partial charge >= 0.3 is 5.69 Å². The molecule has 7 heteroatoms. The quantitative estimate of drug-likeness (QED) is 0.535. The summed E-state index contributed by atoms with van der Waals surface area (Å²) < 4.78 is 4.35. The second-order valence-corrected chi connectivity index (χ2v) is 7.54. The van der Waals surface area contributed by atoms with Crippen molar-refractivity contribution in [3.63, 3.8) is 0 Å². The Balaban J connectivity index is 1.57. The summed E-state index contributed by atoms with van der Waals surface area (Å²) in [6, 6.07) is 15.5. The number of aryl methyl sites for hydroxylation is 1. The van der Waals surface area contributed by atoms with Crippen molar-refractivity contribution in [2.24, 2.45) is 0 Å². The Morgan fingerprint density at radius 1 is 1.07 bits per heavy atom. The average molecular weight is 380 g/mol. The summed E-state index contributed by atoms with van der Waals surface area (Å²) >= 11 is 1.59. The molecule has 2 aromatic carbocycles. The molecule has 138 valence electrons. The van der Waals surface area contributed by atoms with Crippen LogP contribution >= 0.6 is 11.3 Å². The second-order valence-electron chi connectivity index (χ2n) is 6.43. The van der Waals surface area contributed by atoms with Crippen molar-refractivity contribution in [3.8, 4) is 0 Å². The van der Waals surface area contributed by atoms with Crippen LogP contribution in [0.5, 0.6) is 0 Å². The van der Waals surface area contributed by atoms with Crippen LogP contribution in [0.2, 0.25) is 0 Å². The number of rotatable bonds is 5. The summed E-state index contributed by atoms with van der Waals surface area (Å²) in [5.74, 6) is -0.115. The highest BCUT2D eigenvalue weighted by Gasteiger charge is 2.17. The van der Waals surface area contributed by atoms with Gasteiger partial charge in [-0.2, -0.15) is 0 Å². The zero-order valence-corrected chi connectivity index (χ0v) is 16.1. The van der Waals surface area contributed by atoms with E-state index in [2.05, 4.69) is 4.98 Å². The number of carbonyl (C=O) groups is 1. The molecule has 0 aliphatic heterocycles. The van der Waals surface area contributed by atoms with Crippen molar-refractivity contribution in [1.82, 2.24) is 19.0 Å². The Morgan fingerprint density at radius 2 is 1.74 bits per heavy atom. The predicted molar refractivity (Wildman–Crippen MR) is 108 cm³/mol. The summed E-state index contributed by atoms with van der Waals surface area (Å²) in [5, 5.41) is 0.885. The van der Waals surface area contributed by atoms with Gasteiger partial charge in [-0.15, -0.1) is 11.3 Å². The van der Waals surface area contributed by atoms with Crippen LogP contribution in [-0.4, -0.2) is 32.0 Å². The van der Waals surface area contributed by atoms with Crippen LogP contribution in [0, 0.1) is 0 Å². The average Bonchev–Trinajstić information content (AvgIpc) is 3.20. The van der Waals surface area contributed by atoms with Crippen LogP contribution in [0.3, 0.4) is 0 Å². The first-order chi connectivity index (χ1) is 13.1. The minimum Gasteiger partial charge on any atom is -0.337 e. The molecule has 1 amide bonds. The van der Waals surface area contributed by atoms with Gasteiger partial charge < -0.3 is 4.90 Å². The topological polar surface area (TPSA) is 60.1 Å². The molecule has 4 aromatic rings. The van der Waals surface area contributed by atoms with Crippen molar-refractivity contribution in [2.75, 3.05) is 7.05 Å². The third kappa shape index (κ3) is 3.14. The summed E-state index contributed by atoms with van der Waals surface area (Å²) in [4.78, 5) is 31.7. The van der Waals surface area contributed by atoms with Gasteiger partial charge in [0.25, 0.3) is 0 Å². The van der Waals surface area contributed by atoms with Crippen molar-refractivity contribution < 1.29 is 4.79 Å². The van der Waals surface area contributed by atoms with Gasteiger partial charge in [-0.3, -0.25) is 13.9 Å². The summed E-state index contributed by atoms with van der Waals surface area (Å²) in [6.07, 6.45) is 0. The van der Waals surface area contributed by atoms with Crippen molar-refractivity contribution in [2.45, 2.75) is 26.6 Å². The number of likely N-dealkylation sites (N-methyl/N-ethyl adjacent to an activating group) is 1. The molecule has 2 aromatic heterocycles. The molecular weight excluding hydrogens is 360 g/mol. The summed E-state index contributed by atoms with van der Waals surface area (Å²) in [5.41, 5.74) is 2.43. The van der Waals surface area contributed by atoms with E-state index in [0.29, 0.717) is 13.1 Å². The largest absolute Gasteiger partial charge is 0.337 e. The molecule has 2 heterocycles. The number of amides is 1. The lowest BCUT2D eigenvalue weighted by molar-refractivity contribution is -0.131. The van der Waals surface area contributed by atoms with Gasteiger partial charge in [-0.25, -0.2) is 9.78 Å². The van der Waals surface area contributed by atoms with Gasteiger partial charge in [-0.05, 0) is 31.2 Å². The Kier molecular flexibility index (Phi) is 4.53. The lowest BCUT2D eigenvalue weighted by Crippen LogP contribution is -2.34. The molecule has 0 aliphatic carbocycles. The molecular formula is C20H20N4O2S. The van der Waals surface area contributed by atoms with Gasteiger partial charge in [0.15, 0.2) is 0 Å². The molecule has 0 radical (unpaired) electrons. The molecule has 0 unspecified atom stereocenters. The zero-order chi connectivity index (χ0) is 19.0. The van der Waals surface area contributed by atoms with Crippen LogP contribution in [0.25, 0.3) is 21.3 Å². The minimum atomic E-state index is -0.152. The molecule has 0 saturated carbocycles.